The average Bonchev–Trinajstić information content (AvgIpc) is 3.06. The Morgan fingerprint density at radius 1 is 1.30 bits per heavy atom. The minimum Gasteiger partial charge on any atom is -0.331 e. The molecule has 0 aliphatic carbocycles. The summed E-state index contributed by atoms with van der Waals surface area (Å²) in [5, 5.41) is 2.07. The van der Waals surface area contributed by atoms with Gasteiger partial charge in [0.25, 0.3) is 5.91 Å². The molecular weight excluding hydrogens is 288 g/mol. The summed E-state index contributed by atoms with van der Waals surface area (Å²) in [6.07, 6.45) is 1.06. The van der Waals surface area contributed by atoms with E-state index in [4.69, 9.17) is 0 Å². The normalized spacial score (nSPS) is 18.2. The van der Waals surface area contributed by atoms with Crippen molar-refractivity contribution in [2.75, 3.05) is 6.54 Å². The van der Waals surface area contributed by atoms with E-state index >= 15 is 0 Å². The Morgan fingerprint density at radius 3 is 3.00 bits per heavy atom. The number of rotatable bonds is 2. The van der Waals surface area contributed by atoms with Gasteiger partial charge in [-0.25, -0.2) is 4.98 Å². The van der Waals surface area contributed by atoms with Gasteiger partial charge in [0.1, 0.15) is 0 Å². The van der Waals surface area contributed by atoms with Crippen molar-refractivity contribution in [3.63, 3.8) is 0 Å². The van der Waals surface area contributed by atoms with Crippen molar-refractivity contribution in [3.05, 3.63) is 51.7 Å². The Hall–Kier alpha value is -1.72. The highest BCUT2D eigenvalue weighted by Crippen LogP contribution is 2.37. The van der Waals surface area contributed by atoms with Crippen molar-refractivity contribution >= 4 is 38.8 Å². The molecule has 1 fully saturated rings. The molecule has 4 rings (SSSR count). The average molecular weight is 300 g/mol. The topological polar surface area (TPSA) is 33.2 Å². The van der Waals surface area contributed by atoms with E-state index in [1.165, 1.54) is 4.88 Å². The fourth-order valence-corrected chi connectivity index (χ4v) is 4.10. The smallest absolute Gasteiger partial charge is 0.254 e. The summed E-state index contributed by atoms with van der Waals surface area (Å²) in [5.41, 5.74) is 3.47. The molecule has 1 unspecified atom stereocenters. The molecule has 2 aromatic heterocycles. The molecule has 1 aromatic carbocycles. The summed E-state index contributed by atoms with van der Waals surface area (Å²) in [6, 6.07) is 10.2. The van der Waals surface area contributed by atoms with Crippen molar-refractivity contribution in [2.24, 2.45) is 0 Å². The number of nitrogens with zero attached hydrogens (tertiary/aromatic N) is 2. The van der Waals surface area contributed by atoms with Gasteiger partial charge in [0.15, 0.2) is 0 Å². The number of amides is 1. The Kier molecular flexibility index (Phi) is 2.82. The van der Waals surface area contributed by atoms with Crippen LogP contribution >= 0.6 is 22.7 Å². The van der Waals surface area contributed by atoms with Crippen molar-refractivity contribution in [1.29, 1.82) is 0 Å². The maximum absolute atomic E-state index is 12.6. The number of carbonyl (C=O) groups excluding carboxylic acids is 1. The van der Waals surface area contributed by atoms with Crippen LogP contribution in [0.5, 0.6) is 0 Å². The largest absolute Gasteiger partial charge is 0.331 e. The van der Waals surface area contributed by atoms with Crippen LogP contribution in [0.4, 0.5) is 0 Å². The number of hydrogen-bond acceptors (Lipinski definition) is 4. The van der Waals surface area contributed by atoms with Gasteiger partial charge in [0, 0.05) is 17.0 Å². The van der Waals surface area contributed by atoms with Crippen LogP contribution in [0.15, 0.2) is 41.2 Å². The second kappa shape index (κ2) is 4.68. The van der Waals surface area contributed by atoms with Gasteiger partial charge >= 0.3 is 0 Å². The molecule has 0 spiro atoms. The Labute approximate surface area is 124 Å². The van der Waals surface area contributed by atoms with Crippen LogP contribution in [0.3, 0.4) is 0 Å². The minimum atomic E-state index is 0.115. The molecular formula is C15H12N2OS2. The van der Waals surface area contributed by atoms with Crippen LogP contribution in [0.2, 0.25) is 0 Å². The number of aromatic nitrogens is 1. The molecule has 0 saturated carbocycles. The summed E-state index contributed by atoms with van der Waals surface area (Å²) in [4.78, 5) is 20.1. The summed E-state index contributed by atoms with van der Waals surface area (Å²) in [6.45, 7) is 0.844. The summed E-state index contributed by atoms with van der Waals surface area (Å²) in [5.74, 6) is 0.115. The van der Waals surface area contributed by atoms with Crippen LogP contribution in [0, 0.1) is 0 Å². The third kappa shape index (κ3) is 1.85. The van der Waals surface area contributed by atoms with Crippen LogP contribution in [-0.4, -0.2) is 22.3 Å². The van der Waals surface area contributed by atoms with E-state index in [0.717, 1.165) is 28.7 Å². The first-order valence-electron chi connectivity index (χ1n) is 6.50. The number of fused-ring (bicyclic) bond motifs is 1. The molecule has 3 nitrogen and oxygen atoms in total. The molecule has 1 aliphatic rings. The SMILES string of the molecule is O=C(c1ccc2scnc2c1)N1CCC1c1cccs1. The molecule has 20 heavy (non-hydrogen) atoms. The maximum atomic E-state index is 12.6. The highest BCUT2D eigenvalue weighted by atomic mass is 32.1. The van der Waals surface area contributed by atoms with Crippen molar-refractivity contribution in [1.82, 2.24) is 9.88 Å². The van der Waals surface area contributed by atoms with E-state index in [1.807, 2.05) is 34.7 Å². The molecule has 1 atom stereocenters. The van der Waals surface area contributed by atoms with E-state index in [9.17, 15) is 4.79 Å². The lowest BCUT2D eigenvalue weighted by molar-refractivity contribution is 0.0468. The van der Waals surface area contributed by atoms with Crippen LogP contribution in [-0.2, 0) is 0 Å². The summed E-state index contributed by atoms with van der Waals surface area (Å²) < 4.78 is 1.12. The van der Waals surface area contributed by atoms with Crippen molar-refractivity contribution in [2.45, 2.75) is 12.5 Å². The predicted molar refractivity (Wildman–Crippen MR) is 82.3 cm³/mol. The fourth-order valence-electron chi connectivity index (χ4n) is 2.56. The number of thiophene rings is 1. The van der Waals surface area contributed by atoms with Crippen LogP contribution < -0.4 is 0 Å². The van der Waals surface area contributed by atoms with E-state index in [2.05, 4.69) is 16.4 Å². The molecule has 5 heteroatoms. The zero-order valence-electron chi connectivity index (χ0n) is 10.7. The quantitative estimate of drug-likeness (QED) is 0.718. The zero-order valence-corrected chi connectivity index (χ0v) is 12.3. The second-order valence-electron chi connectivity index (χ2n) is 4.85. The van der Waals surface area contributed by atoms with Gasteiger partial charge in [-0.3, -0.25) is 4.79 Å². The number of benzene rings is 1. The van der Waals surface area contributed by atoms with Gasteiger partial charge in [-0.15, -0.1) is 22.7 Å². The lowest BCUT2D eigenvalue weighted by Crippen LogP contribution is -2.44. The second-order valence-corrected chi connectivity index (χ2v) is 6.72. The third-order valence-corrected chi connectivity index (χ3v) is 5.51. The molecule has 3 aromatic rings. The standard InChI is InChI=1S/C15H12N2OS2/c18-15(10-3-4-13-11(8-10)16-9-20-13)17-6-5-12(17)14-2-1-7-19-14/h1-4,7-9,12H,5-6H2. The lowest BCUT2D eigenvalue weighted by Gasteiger charge is -2.40. The van der Waals surface area contributed by atoms with E-state index < -0.39 is 0 Å². The molecule has 0 bridgehead atoms. The van der Waals surface area contributed by atoms with Gasteiger partial charge in [-0.1, -0.05) is 6.07 Å². The van der Waals surface area contributed by atoms with E-state index in [1.54, 1.807) is 22.7 Å². The minimum absolute atomic E-state index is 0.115. The predicted octanol–water partition coefficient (Wildman–Crippen LogP) is 3.95. The number of carbonyl (C=O) groups is 1. The number of likely N-dealkylation sites (tertiary alicyclic amines) is 1. The van der Waals surface area contributed by atoms with E-state index in [-0.39, 0.29) is 11.9 Å². The summed E-state index contributed by atoms with van der Waals surface area (Å²) in [7, 11) is 0. The van der Waals surface area contributed by atoms with Gasteiger partial charge in [-0.2, -0.15) is 0 Å². The fraction of sp³-hybridized carbons (Fsp3) is 0.200. The van der Waals surface area contributed by atoms with Crippen molar-refractivity contribution in [3.8, 4) is 0 Å². The molecule has 0 N–H and O–H groups in total. The van der Waals surface area contributed by atoms with Crippen LogP contribution in [0.1, 0.15) is 27.7 Å². The molecule has 100 valence electrons. The maximum Gasteiger partial charge on any atom is 0.254 e. The van der Waals surface area contributed by atoms with Gasteiger partial charge in [0.2, 0.25) is 0 Å². The van der Waals surface area contributed by atoms with Crippen molar-refractivity contribution < 1.29 is 4.79 Å². The monoisotopic (exact) mass is 300 g/mol. The first-order valence-corrected chi connectivity index (χ1v) is 8.26. The number of hydrogen-bond donors (Lipinski definition) is 0. The van der Waals surface area contributed by atoms with Gasteiger partial charge in [0.05, 0.1) is 21.8 Å². The summed E-state index contributed by atoms with van der Waals surface area (Å²) >= 11 is 3.32. The van der Waals surface area contributed by atoms with E-state index in [0.29, 0.717) is 0 Å². The van der Waals surface area contributed by atoms with Gasteiger partial charge < -0.3 is 4.90 Å². The third-order valence-electron chi connectivity index (χ3n) is 3.73. The molecule has 3 heterocycles. The highest BCUT2D eigenvalue weighted by Gasteiger charge is 2.34. The lowest BCUT2D eigenvalue weighted by atomic mass is 9.99. The molecule has 1 saturated heterocycles. The Balaban J connectivity index is 1.63. The van der Waals surface area contributed by atoms with Gasteiger partial charge in [-0.05, 0) is 36.1 Å². The molecule has 1 amide bonds. The Bertz CT molecular complexity index is 763. The zero-order chi connectivity index (χ0) is 13.5. The van der Waals surface area contributed by atoms with Crippen LogP contribution in [0.25, 0.3) is 10.2 Å². The Morgan fingerprint density at radius 2 is 2.25 bits per heavy atom. The first kappa shape index (κ1) is 12.1. The highest BCUT2D eigenvalue weighted by molar-refractivity contribution is 7.16. The number of thiazole rings is 1. The molecule has 0 radical (unpaired) electrons. The molecule has 1 aliphatic heterocycles. The first-order chi connectivity index (χ1) is 9.83.